The molecule has 0 radical (unpaired) electrons. The van der Waals surface area contributed by atoms with E-state index in [1.165, 1.54) is 13.0 Å². The minimum Gasteiger partial charge on any atom is -0.347 e. The monoisotopic (exact) mass is 437 g/mol. The van der Waals surface area contributed by atoms with Gasteiger partial charge in [-0.05, 0) is 38.2 Å². The van der Waals surface area contributed by atoms with Crippen molar-refractivity contribution in [3.63, 3.8) is 0 Å². The van der Waals surface area contributed by atoms with E-state index in [1.54, 1.807) is 4.57 Å². The number of alkyl halides is 3. The number of nitrogens with one attached hydrogen (secondary N) is 3. The van der Waals surface area contributed by atoms with E-state index < -0.39 is 38.6 Å². The molecule has 0 fully saturated rings. The van der Waals surface area contributed by atoms with Crippen LogP contribution in [0.5, 0.6) is 0 Å². The Balaban J connectivity index is 2.12. The van der Waals surface area contributed by atoms with Crippen LogP contribution in [0, 0.1) is 4.77 Å². The lowest BCUT2D eigenvalue weighted by Crippen LogP contribution is -2.45. The van der Waals surface area contributed by atoms with Crippen molar-refractivity contribution in [1.29, 1.82) is 0 Å². The van der Waals surface area contributed by atoms with Crippen LogP contribution in [0.2, 0.25) is 0 Å². The molecule has 3 N–H and O–H groups in total. The number of hydrogen-bond acceptors (Lipinski definition) is 5. The highest BCUT2D eigenvalue weighted by molar-refractivity contribution is 7.89. The number of benzene rings is 1. The van der Waals surface area contributed by atoms with Crippen molar-refractivity contribution in [3.8, 4) is 0 Å². The number of hydrogen-bond donors (Lipinski definition) is 3. The summed E-state index contributed by atoms with van der Waals surface area (Å²) in [5, 5.41) is 8.98. The fraction of sp³-hybridized carbons (Fsp3) is 0.400. The molecule has 2 aromatic rings. The molecular weight excluding hydrogens is 419 g/mol. The zero-order valence-corrected chi connectivity index (χ0v) is 16.5. The number of rotatable bonds is 7. The van der Waals surface area contributed by atoms with Crippen LogP contribution in [0.1, 0.15) is 25.2 Å². The Morgan fingerprint density at radius 1 is 1.36 bits per heavy atom. The molecule has 0 aliphatic rings. The first-order chi connectivity index (χ1) is 13.0. The lowest BCUT2D eigenvalue weighted by atomic mass is 10.2. The number of halogens is 3. The molecule has 0 bridgehead atoms. The van der Waals surface area contributed by atoms with Crippen LogP contribution in [0.4, 0.5) is 13.2 Å². The summed E-state index contributed by atoms with van der Waals surface area (Å²) in [6.07, 6.45) is -4.85. The number of amides is 1. The van der Waals surface area contributed by atoms with Gasteiger partial charge in [-0.25, -0.2) is 8.42 Å². The van der Waals surface area contributed by atoms with Crippen LogP contribution in [0.25, 0.3) is 0 Å². The SMILES string of the molecule is CCn1c(CNC(=O)[C@H](C)NS(=O)(=O)c2ccccc2C(F)(F)F)n[nH]c1=S. The van der Waals surface area contributed by atoms with Gasteiger partial charge in [0.25, 0.3) is 0 Å². The van der Waals surface area contributed by atoms with Gasteiger partial charge in [0.1, 0.15) is 0 Å². The largest absolute Gasteiger partial charge is 0.417 e. The lowest BCUT2D eigenvalue weighted by molar-refractivity contribution is -0.139. The van der Waals surface area contributed by atoms with Crippen molar-refractivity contribution < 1.29 is 26.4 Å². The van der Waals surface area contributed by atoms with Gasteiger partial charge < -0.3 is 9.88 Å². The Kier molecular flexibility index (Phi) is 6.62. The fourth-order valence-electron chi connectivity index (χ4n) is 2.42. The van der Waals surface area contributed by atoms with E-state index in [2.05, 4.69) is 15.5 Å². The highest BCUT2D eigenvalue weighted by Crippen LogP contribution is 2.33. The van der Waals surface area contributed by atoms with Crippen molar-refractivity contribution in [2.45, 2.75) is 44.1 Å². The molecule has 28 heavy (non-hydrogen) atoms. The minimum absolute atomic E-state index is 0.0367. The van der Waals surface area contributed by atoms with Crippen LogP contribution in [0.3, 0.4) is 0 Å². The molecule has 1 aromatic heterocycles. The normalized spacial score (nSPS) is 13.3. The Bertz CT molecular complexity index is 1010. The Morgan fingerprint density at radius 2 is 2.00 bits per heavy atom. The quantitative estimate of drug-likeness (QED) is 0.574. The average molecular weight is 437 g/mol. The van der Waals surface area contributed by atoms with Crippen molar-refractivity contribution in [2.24, 2.45) is 0 Å². The summed E-state index contributed by atoms with van der Waals surface area (Å²) in [7, 11) is -4.58. The van der Waals surface area contributed by atoms with E-state index >= 15 is 0 Å². The maximum Gasteiger partial charge on any atom is 0.417 e. The smallest absolute Gasteiger partial charge is 0.347 e. The van der Waals surface area contributed by atoms with Gasteiger partial charge in [0.05, 0.1) is 23.0 Å². The third-order valence-electron chi connectivity index (χ3n) is 3.78. The molecule has 1 aromatic carbocycles. The minimum atomic E-state index is -4.85. The van der Waals surface area contributed by atoms with Gasteiger partial charge in [0.2, 0.25) is 15.9 Å². The zero-order chi connectivity index (χ0) is 21.1. The predicted octanol–water partition coefficient (Wildman–Crippen LogP) is 1.96. The Morgan fingerprint density at radius 3 is 2.61 bits per heavy atom. The standard InChI is InChI=1S/C15H18F3N5O3S2/c1-3-23-12(20-21-14(23)27)8-19-13(24)9(2)22-28(25,26)11-7-5-4-6-10(11)15(16,17)18/h4-7,9,22H,3,8H2,1-2H3,(H,19,24)(H,21,27)/t9-/m0/s1. The van der Waals surface area contributed by atoms with Crippen molar-refractivity contribution >= 4 is 28.1 Å². The second-order valence-corrected chi connectivity index (χ2v) is 7.81. The molecule has 154 valence electrons. The summed E-state index contributed by atoms with van der Waals surface area (Å²) in [4.78, 5) is 11.2. The van der Waals surface area contributed by atoms with E-state index in [1.807, 2.05) is 11.6 Å². The molecule has 0 saturated carbocycles. The van der Waals surface area contributed by atoms with E-state index in [0.717, 1.165) is 12.1 Å². The fourth-order valence-corrected chi connectivity index (χ4v) is 4.13. The van der Waals surface area contributed by atoms with E-state index in [0.29, 0.717) is 23.2 Å². The summed E-state index contributed by atoms with van der Waals surface area (Å²) in [6, 6.07) is 2.42. The number of aromatic amines is 1. The van der Waals surface area contributed by atoms with Gasteiger partial charge in [-0.2, -0.15) is 23.0 Å². The maximum absolute atomic E-state index is 13.1. The van der Waals surface area contributed by atoms with Crippen molar-refractivity contribution in [2.75, 3.05) is 0 Å². The second-order valence-electron chi connectivity index (χ2n) is 5.74. The number of carbonyl (C=O) groups excluding carboxylic acids is 1. The number of carbonyl (C=O) groups is 1. The van der Waals surface area contributed by atoms with Crippen LogP contribution in [-0.2, 0) is 34.1 Å². The number of aromatic nitrogens is 3. The van der Waals surface area contributed by atoms with E-state index in [9.17, 15) is 26.4 Å². The Hall–Kier alpha value is -2.25. The van der Waals surface area contributed by atoms with E-state index in [-0.39, 0.29) is 6.54 Å². The first-order valence-electron chi connectivity index (χ1n) is 8.07. The van der Waals surface area contributed by atoms with Gasteiger partial charge in [-0.15, -0.1) is 0 Å². The topological polar surface area (TPSA) is 109 Å². The average Bonchev–Trinajstić information content (AvgIpc) is 2.98. The van der Waals surface area contributed by atoms with Crippen LogP contribution >= 0.6 is 12.2 Å². The zero-order valence-electron chi connectivity index (χ0n) is 14.9. The first kappa shape index (κ1) is 22.0. The lowest BCUT2D eigenvalue weighted by Gasteiger charge is -2.17. The molecule has 1 atom stereocenters. The van der Waals surface area contributed by atoms with Crippen molar-refractivity contribution in [3.05, 3.63) is 40.4 Å². The van der Waals surface area contributed by atoms with Crippen LogP contribution < -0.4 is 10.0 Å². The maximum atomic E-state index is 13.1. The van der Waals surface area contributed by atoms with Gasteiger partial charge in [0, 0.05) is 6.54 Å². The van der Waals surface area contributed by atoms with E-state index in [4.69, 9.17) is 12.2 Å². The number of sulfonamides is 1. The summed E-state index contributed by atoms with van der Waals surface area (Å²) < 4.78 is 67.9. The third kappa shape index (κ3) is 4.97. The van der Waals surface area contributed by atoms with Gasteiger partial charge in [-0.1, -0.05) is 12.1 Å². The second kappa shape index (κ2) is 8.41. The molecule has 0 unspecified atom stereocenters. The molecule has 2 rings (SSSR count). The number of nitrogens with zero attached hydrogens (tertiary/aromatic N) is 2. The van der Waals surface area contributed by atoms with Crippen LogP contribution in [-0.4, -0.2) is 35.1 Å². The highest BCUT2D eigenvalue weighted by atomic mass is 32.2. The highest BCUT2D eigenvalue weighted by Gasteiger charge is 2.37. The van der Waals surface area contributed by atoms with Crippen LogP contribution in [0.15, 0.2) is 29.2 Å². The third-order valence-corrected chi connectivity index (χ3v) is 5.69. The summed E-state index contributed by atoms with van der Waals surface area (Å²) in [5.74, 6) is -0.303. The molecule has 0 aliphatic carbocycles. The molecule has 0 saturated heterocycles. The molecule has 1 heterocycles. The molecule has 1 amide bonds. The summed E-state index contributed by atoms with van der Waals surface area (Å²) in [6.45, 7) is 3.52. The van der Waals surface area contributed by atoms with Crippen molar-refractivity contribution in [1.82, 2.24) is 24.8 Å². The van der Waals surface area contributed by atoms with Gasteiger partial charge in [-0.3, -0.25) is 9.89 Å². The first-order valence-corrected chi connectivity index (χ1v) is 9.97. The predicted molar refractivity (Wildman–Crippen MR) is 96.2 cm³/mol. The molecule has 0 aliphatic heterocycles. The summed E-state index contributed by atoms with van der Waals surface area (Å²) >= 11 is 5.02. The molecular formula is C15H18F3N5O3S2. The Labute approximate surface area is 164 Å². The summed E-state index contributed by atoms with van der Waals surface area (Å²) in [5.41, 5.74) is -1.31. The molecule has 0 spiro atoms. The van der Waals surface area contributed by atoms with Gasteiger partial charge >= 0.3 is 6.18 Å². The molecule has 8 nitrogen and oxygen atoms in total. The van der Waals surface area contributed by atoms with Gasteiger partial charge in [0.15, 0.2) is 10.6 Å². The number of H-pyrrole nitrogens is 1. The molecule has 13 heteroatoms.